The number of nitrogens with zero attached hydrogens (tertiary/aromatic N) is 1. The van der Waals surface area contributed by atoms with Crippen LogP contribution in [0.5, 0.6) is 0 Å². The number of likely N-dealkylation sites (N-methyl/N-ethyl adjacent to an activating group) is 1. The highest BCUT2D eigenvalue weighted by atomic mass is 32.1. The quantitative estimate of drug-likeness (QED) is 0.685. The first-order valence-corrected chi connectivity index (χ1v) is 4.41. The Labute approximate surface area is 70.1 Å². The van der Waals surface area contributed by atoms with Crippen LogP contribution in [0, 0.1) is 0 Å². The van der Waals surface area contributed by atoms with Crippen LogP contribution in [0.2, 0.25) is 0 Å². The maximum absolute atomic E-state index is 8.84. The van der Waals surface area contributed by atoms with Gasteiger partial charge >= 0.3 is 0 Å². The summed E-state index contributed by atoms with van der Waals surface area (Å²) in [6.07, 6.45) is 2.59. The van der Waals surface area contributed by atoms with Crippen molar-refractivity contribution in [2.24, 2.45) is 0 Å². The lowest BCUT2D eigenvalue weighted by Crippen LogP contribution is -2.31. The normalized spacial score (nSPS) is 13.3. The standard InChI is InChI=1S/C7H12N2OS/c1-8-6(5-10)4-7-9-2-3-11-7/h2-3,6,8,10H,4-5H2,1H3/t6-/m1/s1. The van der Waals surface area contributed by atoms with Gasteiger partial charge in [-0.15, -0.1) is 11.3 Å². The fourth-order valence-corrected chi connectivity index (χ4v) is 1.52. The second kappa shape index (κ2) is 4.43. The molecule has 2 N–H and O–H groups in total. The smallest absolute Gasteiger partial charge is 0.0941 e. The van der Waals surface area contributed by atoms with E-state index < -0.39 is 0 Å². The fraction of sp³-hybridized carbons (Fsp3) is 0.571. The second-order valence-electron chi connectivity index (χ2n) is 2.30. The van der Waals surface area contributed by atoms with Crippen LogP contribution in [0.3, 0.4) is 0 Å². The lowest BCUT2D eigenvalue weighted by Gasteiger charge is -2.09. The van der Waals surface area contributed by atoms with Crippen LogP contribution in [0.15, 0.2) is 11.6 Å². The van der Waals surface area contributed by atoms with Gasteiger partial charge in [-0.1, -0.05) is 0 Å². The van der Waals surface area contributed by atoms with Crippen LogP contribution in [0.25, 0.3) is 0 Å². The molecule has 0 aliphatic rings. The molecule has 1 aromatic rings. The highest BCUT2D eigenvalue weighted by Gasteiger charge is 2.06. The molecule has 0 aromatic carbocycles. The Kier molecular flexibility index (Phi) is 3.48. The van der Waals surface area contributed by atoms with E-state index in [2.05, 4.69) is 10.3 Å². The van der Waals surface area contributed by atoms with Gasteiger partial charge in [0, 0.05) is 24.0 Å². The van der Waals surface area contributed by atoms with Crippen molar-refractivity contribution in [3.63, 3.8) is 0 Å². The van der Waals surface area contributed by atoms with Crippen molar-refractivity contribution in [3.8, 4) is 0 Å². The second-order valence-corrected chi connectivity index (χ2v) is 3.28. The Morgan fingerprint density at radius 3 is 3.09 bits per heavy atom. The summed E-state index contributed by atoms with van der Waals surface area (Å²) in [6, 6.07) is 0.140. The van der Waals surface area contributed by atoms with Crippen molar-refractivity contribution < 1.29 is 5.11 Å². The molecule has 0 spiro atoms. The number of aromatic nitrogens is 1. The number of aliphatic hydroxyl groups excluding tert-OH is 1. The largest absolute Gasteiger partial charge is 0.395 e. The number of thiazole rings is 1. The maximum Gasteiger partial charge on any atom is 0.0941 e. The van der Waals surface area contributed by atoms with Gasteiger partial charge in [0.05, 0.1) is 11.6 Å². The first-order chi connectivity index (χ1) is 5.36. The van der Waals surface area contributed by atoms with E-state index in [0.29, 0.717) is 0 Å². The highest BCUT2D eigenvalue weighted by Crippen LogP contribution is 2.06. The van der Waals surface area contributed by atoms with Gasteiger partial charge in [-0.25, -0.2) is 4.98 Å². The molecule has 0 aliphatic heterocycles. The van der Waals surface area contributed by atoms with E-state index in [-0.39, 0.29) is 12.6 Å². The molecule has 1 heterocycles. The van der Waals surface area contributed by atoms with Gasteiger partial charge in [0.25, 0.3) is 0 Å². The summed E-state index contributed by atoms with van der Waals surface area (Å²) < 4.78 is 0. The third-order valence-electron chi connectivity index (χ3n) is 1.53. The summed E-state index contributed by atoms with van der Waals surface area (Å²) in [5.74, 6) is 0. The number of hydrogen-bond donors (Lipinski definition) is 2. The minimum Gasteiger partial charge on any atom is -0.395 e. The van der Waals surface area contributed by atoms with Crippen LogP contribution in [0.1, 0.15) is 5.01 Å². The summed E-state index contributed by atoms with van der Waals surface area (Å²) in [6.45, 7) is 0.163. The predicted molar refractivity (Wildman–Crippen MR) is 45.8 cm³/mol. The van der Waals surface area contributed by atoms with Crippen LogP contribution in [-0.2, 0) is 6.42 Å². The van der Waals surface area contributed by atoms with Crippen LogP contribution in [-0.4, -0.2) is 29.8 Å². The van der Waals surface area contributed by atoms with E-state index >= 15 is 0 Å². The molecule has 1 aromatic heterocycles. The molecular formula is C7H12N2OS. The van der Waals surface area contributed by atoms with Crippen LogP contribution < -0.4 is 5.32 Å². The summed E-state index contributed by atoms with van der Waals surface area (Å²) >= 11 is 1.62. The minimum absolute atomic E-state index is 0.140. The van der Waals surface area contributed by atoms with E-state index in [1.165, 1.54) is 0 Å². The molecule has 1 atom stereocenters. The Morgan fingerprint density at radius 1 is 1.82 bits per heavy atom. The van der Waals surface area contributed by atoms with Gasteiger partial charge in [0.1, 0.15) is 0 Å². The Balaban J connectivity index is 2.41. The molecule has 0 fully saturated rings. The molecule has 1 rings (SSSR count). The van der Waals surface area contributed by atoms with Crippen molar-refractivity contribution in [2.45, 2.75) is 12.5 Å². The van der Waals surface area contributed by atoms with Crippen LogP contribution in [0.4, 0.5) is 0 Å². The molecule has 4 heteroatoms. The summed E-state index contributed by atoms with van der Waals surface area (Å²) in [4.78, 5) is 4.12. The number of nitrogens with one attached hydrogen (secondary N) is 1. The summed E-state index contributed by atoms with van der Waals surface area (Å²) in [5.41, 5.74) is 0. The molecule has 0 aliphatic carbocycles. The van der Waals surface area contributed by atoms with E-state index in [0.717, 1.165) is 11.4 Å². The lowest BCUT2D eigenvalue weighted by atomic mass is 10.2. The van der Waals surface area contributed by atoms with Crippen molar-refractivity contribution in [1.29, 1.82) is 0 Å². The van der Waals surface area contributed by atoms with Gasteiger partial charge in [0.2, 0.25) is 0 Å². The lowest BCUT2D eigenvalue weighted by molar-refractivity contribution is 0.248. The van der Waals surface area contributed by atoms with Crippen molar-refractivity contribution in [3.05, 3.63) is 16.6 Å². The first-order valence-electron chi connectivity index (χ1n) is 3.53. The predicted octanol–water partition coefficient (Wildman–Crippen LogP) is 0.266. The van der Waals surface area contributed by atoms with Gasteiger partial charge in [0.15, 0.2) is 0 Å². The first kappa shape index (κ1) is 8.64. The Bertz CT molecular complexity index is 184. The molecule has 11 heavy (non-hydrogen) atoms. The van der Waals surface area contributed by atoms with Gasteiger partial charge in [-0.2, -0.15) is 0 Å². The number of aliphatic hydroxyl groups is 1. The van der Waals surface area contributed by atoms with Crippen LogP contribution >= 0.6 is 11.3 Å². The molecule has 0 saturated carbocycles. The molecule has 62 valence electrons. The van der Waals surface area contributed by atoms with Gasteiger partial charge in [-0.05, 0) is 7.05 Å². The summed E-state index contributed by atoms with van der Waals surface area (Å²) in [5, 5.41) is 14.9. The molecule has 3 nitrogen and oxygen atoms in total. The Morgan fingerprint density at radius 2 is 2.64 bits per heavy atom. The van der Waals surface area contributed by atoms with Crippen molar-refractivity contribution in [1.82, 2.24) is 10.3 Å². The average molecular weight is 172 g/mol. The van der Waals surface area contributed by atoms with Crippen molar-refractivity contribution >= 4 is 11.3 Å². The monoisotopic (exact) mass is 172 g/mol. The zero-order valence-electron chi connectivity index (χ0n) is 6.45. The van der Waals surface area contributed by atoms with E-state index in [1.807, 2.05) is 12.4 Å². The molecule has 0 bridgehead atoms. The average Bonchev–Trinajstić information content (AvgIpc) is 2.52. The summed E-state index contributed by atoms with van der Waals surface area (Å²) in [7, 11) is 1.84. The molecular weight excluding hydrogens is 160 g/mol. The van der Waals surface area contributed by atoms with E-state index in [1.54, 1.807) is 17.5 Å². The van der Waals surface area contributed by atoms with E-state index in [9.17, 15) is 0 Å². The van der Waals surface area contributed by atoms with Gasteiger partial charge < -0.3 is 10.4 Å². The van der Waals surface area contributed by atoms with E-state index in [4.69, 9.17) is 5.11 Å². The molecule has 0 amide bonds. The third-order valence-corrected chi connectivity index (χ3v) is 2.34. The number of hydrogen-bond acceptors (Lipinski definition) is 4. The molecule has 0 radical (unpaired) electrons. The molecule has 0 saturated heterocycles. The number of rotatable bonds is 4. The topological polar surface area (TPSA) is 45.1 Å². The zero-order chi connectivity index (χ0) is 8.10. The minimum atomic E-state index is 0.140. The fourth-order valence-electron chi connectivity index (χ4n) is 0.822. The maximum atomic E-state index is 8.84. The molecule has 0 unspecified atom stereocenters. The zero-order valence-corrected chi connectivity index (χ0v) is 7.27. The third kappa shape index (κ3) is 2.57. The van der Waals surface area contributed by atoms with Gasteiger partial charge in [-0.3, -0.25) is 0 Å². The van der Waals surface area contributed by atoms with Crippen molar-refractivity contribution in [2.75, 3.05) is 13.7 Å². The highest BCUT2D eigenvalue weighted by molar-refractivity contribution is 7.09. The SMILES string of the molecule is CN[C@@H](CO)Cc1nccs1. The Hall–Kier alpha value is -0.450.